The number of fused-ring (bicyclic) bond motifs is 3. The lowest BCUT2D eigenvalue weighted by molar-refractivity contribution is 1.25. The molecule has 4 rings (SSSR count). The minimum Gasteiger partial charge on any atom is -0.0802 e. The SMILES string of the molecule is C[Si](C)C1=C(c2cccc3c2Cc2ccccc2-3)C=CC1. The van der Waals surface area contributed by atoms with Crippen molar-refractivity contribution >= 4 is 14.4 Å². The smallest absolute Gasteiger partial charge is 0.0749 e. The van der Waals surface area contributed by atoms with Crippen molar-refractivity contribution in [2.75, 3.05) is 0 Å². The Morgan fingerprint density at radius 3 is 2.48 bits per heavy atom. The molecule has 0 amide bonds. The van der Waals surface area contributed by atoms with E-state index in [1.807, 2.05) is 0 Å². The van der Waals surface area contributed by atoms with Crippen molar-refractivity contribution in [3.8, 4) is 11.1 Å². The van der Waals surface area contributed by atoms with E-state index < -0.39 is 0 Å². The van der Waals surface area contributed by atoms with Gasteiger partial charge in [-0.3, -0.25) is 0 Å². The molecule has 0 atom stereocenters. The topological polar surface area (TPSA) is 0 Å². The molecule has 2 aromatic carbocycles. The van der Waals surface area contributed by atoms with Gasteiger partial charge in [-0.05, 0) is 46.2 Å². The molecular weight excluding hydrogens is 268 g/mol. The summed E-state index contributed by atoms with van der Waals surface area (Å²) < 4.78 is 0. The van der Waals surface area contributed by atoms with Gasteiger partial charge in [-0.15, -0.1) is 0 Å². The summed E-state index contributed by atoms with van der Waals surface area (Å²) in [5, 5.41) is 1.68. The monoisotopic (exact) mass is 287 g/mol. The van der Waals surface area contributed by atoms with E-state index in [-0.39, 0.29) is 8.80 Å². The minimum atomic E-state index is -0.374. The predicted octanol–water partition coefficient (Wildman–Crippen LogP) is 5.26. The third-order valence-electron chi connectivity index (χ3n) is 4.68. The van der Waals surface area contributed by atoms with Crippen LogP contribution in [-0.2, 0) is 6.42 Å². The Hall–Kier alpha value is -1.86. The standard InChI is InChI=1S/C20H19Si/c1-21(2)20-12-6-11-18(20)17-10-5-9-16-15-8-4-3-7-14(15)13-19(16)17/h3-11H,12-13H2,1-2H3. The first kappa shape index (κ1) is 12.8. The molecule has 0 spiro atoms. The van der Waals surface area contributed by atoms with Gasteiger partial charge in [-0.2, -0.15) is 0 Å². The fourth-order valence-corrected chi connectivity index (χ4v) is 4.92. The lowest BCUT2D eigenvalue weighted by Gasteiger charge is -2.13. The quantitative estimate of drug-likeness (QED) is 0.564. The molecule has 0 bridgehead atoms. The summed E-state index contributed by atoms with van der Waals surface area (Å²) >= 11 is 0. The van der Waals surface area contributed by atoms with E-state index in [1.165, 1.54) is 33.4 Å². The third kappa shape index (κ3) is 1.96. The highest BCUT2D eigenvalue weighted by molar-refractivity contribution is 6.65. The van der Waals surface area contributed by atoms with Crippen molar-refractivity contribution in [2.45, 2.75) is 25.9 Å². The van der Waals surface area contributed by atoms with E-state index in [0.717, 1.165) is 12.8 Å². The van der Waals surface area contributed by atoms with E-state index in [2.05, 4.69) is 67.7 Å². The normalized spacial score (nSPS) is 15.8. The first-order chi connectivity index (χ1) is 10.3. The zero-order chi connectivity index (χ0) is 14.4. The Morgan fingerprint density at radius 2 is 1.62 bits per heavy atom. The highest BCUT2D eigenvalue weighted by Crippen LogP contribution is 2.42. The number of rotatable bonds is 2. The average Bonchev–Trinajstić information content (AvgIpc) is 3.11. The first-order valence-corrected chi connectivity index (χ1v) is 10.2. The van der Waals surface area contributed by atoms with Gasteiger partial charge in [-0.25, -0.2) is 0 Å². The summed E-state index contributed by atoms with van der Waals surface area (Å²) in [6.07, 6.45) is 6.93. The number of benzene rings is 2. The zero-order valence-corrected chi connectivity index (χ0v) is 13.6. The summed E-state index contributed by atoms with van der Waals surface area (Å²) in [7, 11) is -0.374. The van der Waals surface area contributed by atoms with Crippen LogP contribution in [0.15, 0.2) is 59.8 Å². The summed E-state index contributed by atoms with van der Waals surface area (Å²) in [5.41, 5.74) is 8.86. The van der Waals surface area contributed by atoms with Crippen molar-refractivity contribution < 1.29 is 0 Å². The van der Waals surface area contributed by atoms with Gasteiger partial charge in [-0.1, -0.05) is 72.9 Å². The van der Waals surface area contributed by atoms with Gasteiger partial charge < -0.3 is 0 Å². The van der Waals surface area contributed by atoms with Crippen molar-refractivity contribution in [1.29, 1.82) is 0 Å². The van der Waals surface area contributed by atoms with Crippen LogP contribution in [0.5, 0.6) is 0 Å². The van der Waals surface area contributed by atoms with Crippen molar-refractivity contribution in [1.82, 2.24) is 0 Å². The molecule has 103 valence electrons. The maximum Gasteiger partial charge on any atom is 0.0749 e. The van der Waals surface area contributed by atoms with E-state index in [0.29, 0.717) is 0 Å². The van der Waals surface area contributed by atoms with E-state index >= 15 is 0 Å². The van der Waals surface area contributed by atoms with E-state index in [1.54, 1.807) is 5.20 Å². The van der Waals surface area contributed by atoms with Crippen LogP contribution in [0, 0.1) is 0 Å². The number of allylic oxidation sites excluding steroid dienone is 4. The second-order valence-corrected chi connectivity index (χ2v) is 8.77. The van der Waals surface area contributed by atoms with Gasteiger partial charge in [0.15, 0.2) is 0 Å². The second-order valence-electron chi connectivity index (χ2n) is 6.16. The van der Waals surface area contributed by atoms with Gasteiger partial charge in [0.2, 0.25) is 0 Å². The lowest BCUT2D eigenvalue weighted by Crippen LogP contribution is -2.06. The largest absolute Gasteiger partial charge is 0.0802 e. The number of hydrogen-bond donors (Lipinski definition) is 0. The highest BCUT2D eigenvalue weighted by Gasteiger charge is 2.23. The van der Waals surface area contributed by atoms with Crippen LogP contribution >= 0.6 is 0 Å². The molecule has 0 N–H and O–H groups in total. The maximum absolute atomic E-state index is 2.41. The van der Waals surface area contributed by atoms with Gasteiger partial charge >= 0.3 is 0 Å². The molecule has 2 aliphatic rings. The Labute approximate surface area is 128 Å². The van der Waals surface area contributed by atoms with Crippen LogP contribution in [0.25, 0.3) is 16.7 Å². The van der Waals surface area contributed by atoms with Gasteiger partial charge in [0.1, 0.15) is 0 Å². The Balaban J connectivity index is 1.91. The molecule has 21 heavy (non-hydrogen) atoms. The van der Waals surface area contributed by atoms with Crippen molar-refractivity contribution in [2.24, 2.45) is 0 Å². The van der Waals surface area contributed by atoms with Crippen LogP contribution < -0.4 is 0 Å². The molecular formula is C20H19Si. The summed E-state index contributed by atoms with van der Waals surface area (Å²) in [5.74, 6) is 0. The van der Waals surface area contributed by atoms with Crippen molar-refractivity contribution in [3.05, 3.63) is 76.5 Å². The third-order valence-corrected chi connectivity index (χ3v) is 6.36. The molecule has 0 fully saturated rings. The molecule has 1 heteroatoms. The van der Waals surface area contributed by atoms with Crippen LogP contribution in [0.4, 0.5) is 0 Å². The molecule has 2 aromatic rings. The number of hydrogen-bond acceptors (Lipinski definition) is 0. The Bertz CT molecular complexity index is 778. The van der Waals surface area contributed by atoms with E-state index in [9.17, 15) is 0 Å². The molecule has 0 aromatic heterocycles. The molecule has 0 saturated carbocycles. The van der Waals surface area contributed by atoms with E-state index in [4.69, 9.17) is 0 Å². The Kier molecular flexibility index (Phi) is 2.97. The molecule has 1 radical (unpaired) electrons. The average molecular weight is 287 g/mol. The van der Waals surface area contributed by atoms with Gasteiger partial charge in [0.25, 0.3) is 0 Å². The first-order valence-electron chi connectivity index (χ1n) is 7.66. The molecule has 0 saturated heterocycles. The van der Waals surface area contributed by atoms with Crippen LogP contribution in [-0.4, -0.2) is 8.80 Å². The highest BCUT2D eigenvalue weighted by atomic mass is 28.3. The molecule has 0 heterocycles. The Morgan fingerprint density at radius 1 is 0.857 bits per heavy atom. The van der Waals surface area contributed by atoms with Gasteiger partial charge in [0.05, 0.1) is 8.80 Å². The molecule has 0 aliphatic heterocycles. The predicted molar refractivity (Wildman–Crippen MR) is 92.8 cm³/mol. The van der Waals surface area contributed by atoms with Crippen molar-refractivity contribution in [3.63, 3.8) is 0 Å². The summed E-state index contributed by atoms with van der Waals surface area (Å²) in [6.45, 7) is 4.82. The van der Waals surface area contributed by atoms with Crippen LogP contribution in [0.1, 0.15) is 23.1 Å². The van der Waals surface area contributed by atoms with Gasteiger partial charge in [0, 0.05) is 0 Å². The molecule has 0 nitrogen and oxygen atoms in total. The minimum absolute atomic E-state index is 0.374. The fraction of sp³-hybridized carbons (Fsp3) is 0.200. The van der Waals surface area contributed by atoms with Crippen LogP contribution in [0.2, 0.25) is 13.1 Å². The lowest BCUT2D eigenvalue weighted by atomic mass is 9.96. The summed E-state index contributed by atoms with van der Waals surface area (Å²) in [4.78, 5) is 0. The zero-order valence-electron chi connectivity index (χ0n) is 12.6. The maximum atomic E-state index is 2.41. The second kappa shape index (κ2) is 4.85. The summed E-state index contributed by atoms with van der Waals surface area (Å²) in [6, 6.07) is 15.7. The molecule has 0 unspecified atom stereocenters. The molecule has 2 aliphatic carbocycles. The van der Waals surface area contributed by atoms with Crippen LogP contribution in [0.3, 0.4) is 0 Å². The fourth-order valence-electron chi connectivity index (χ4n) is 3.64.